The molecule has 0 radical (unpaired) electrons. The molecule has 116 valence electrons. The van der Waals surface area contributed by atoms with Crippen molar-refractivity contribution < 1.29 is 9.59 Å². The number of carbonyl (C=O) groups is 2. The summed E-state index contributed by atoms with van der Waals surface area (Å²) in [6, 6.07) is 3.67. The number of nitrogens with zero attached hydrogens (tertiary/aromatic N) is 1. The number of anilines is 1. The molecule has 2 atom stereocenters. The predicted octanol–water partition coefficient (Wildman–Crippen LogP) is 3.78. The standard InChI is InChI=1S/C17H26N2O2/c1-6-12(2)10-13(11-20)14-8-7-9-18-15(14)19-16(21)17(3,4)5/h7-9,11-13H,6,10H2,1-5H3,(H,18,19,21). The molecule has 4 nitrogen and oxygen atoms in total. The van der Waals surface area contributed by atoms with Gasteiger partial charge in [0.15, 0.2) is 0 Å². The lowest BCUT2D eigenvalue weighted by atomic mass is 9.89. The van der Waals surface area contributed by atoms with E-state index in [-0.39, 0.29) is 11.8 Å². The summed E-state index contributed by atoms with van der Waals surface area (Å²) in [5, 5.41) is 2.85. The van der Waals surface area contributed by atoms with Crippen LogP contribution in [0.3, 0.4) is 0 Å². The Morgan fingerprint density at radius 3 is 2.62 bits per heavy atom. The van der Waals surface area contributed by atoms with E-state index in [9.17, 15) is 9.59 Å². The highest BCUT2D eigenvalue weighted by atomic mass is 16.2. The molecular weight excluding hydrogens is 264 g/mol. The maximum absolute atomic E-state index is 12.1. The molecule has 0 saturated carbocycles. The van der Waals surface area contributed by atoms with Crippen molar-refractivity contribution in [2.24, 2.45) is 11.3 Å². The smallest absolute Gasteiger partial charge is 0.230 e. The van der Waals surface area contributed by atoms with Gasteiger partial charge in [-0.25, -0.2) is 4.98 Å². The number of hydrogen-bond donors (Lipinski definition) is 1. The van der Waals surface area contributed by atoms with Crippen LogP contribution < -0.4 is 5.32 Å². The van der Waals surface area contributed by atoms with Gasteiger partial charge in [-0.2, -0.15) is 0 Å². The number of aromatic nitrogens is 1. The quantitative estimate of drug-likeness (QED) is 0.811. The molecule has 1 amide bonds. The van der Waals surface area contributed by atoms with Gasteiger partial charge in [-0.05, 0) is 18.4 Å². The van der Waals surface area contributed by atoms with Crippen LogP contribution in [0.2, 0.25) is 0 Å². The Labute approximate surface area is 127 Å². The number of amides is 1. The zero-order chi connectivity index (χ0) is 16.0. The largest absolute Gasteiger partial charge is 0.310 e. The van der Waals surface area contributed by atoms with Crippen molar-refractivity contribution >= 4 is 18.0 Å². The lowest BCUT2D eigenvalue weighted by Crippen LogP contribution is -2.28. The average molecular weight is 290 g/mol. The van der Waals surface area contributed by atoms with Crippen molar-refractivity contribution in [3.8, 4) is 0 Å². The van der Waals surface area contributed by atoms with Crippen LogP contribution in [0, 0.1) is 11.3 Å². The Morgan fingerprint density at radius 1 is 1.43 bits per heavy atom. The van der Waals surface area contributed by atoms with Gasteiger partial charge in [-0.3, -0.25) is 4.79 Å². The molecule has 1 N–H and O–H groups in total. The Balaban J connectivity index is 3.02. The maximum atomic E-state index is 12.1. The van der Waals surface area contributed by atoms with Crippen LogP contribution in [-0.4, -0.2) is 17.2 Å². The minimum absolute atomic E-state index is 0.101. The molecule has 0 fully saturated rings. The van der Waals surface area contributed by atoms with E-state index in [4.69, 9.17) is 0 Å². The van der Waals surface area contributed by atoms with Crippen LogP contribution in [0.25, 0.3) is 0 Å². The molecule has 0 bridgehead atoms. The molecule has 0 aliphatic rings. The van der Waals surface area contributed by atoms with Crippen molar-refractivity contribution in [1.82, 2.24) is 4.98 Å². The summed E-state index contributed by atoms with van der Waals surface area (Å²) in [5.74, 6) is 0.615. The van der Waals surface area contributed by atoms with Crippen LogP contribution in [0.4, 0.5) is 5.82 Å². The van der Waals surface area contributed by atoms with Gasteiger partial charge < -0.3 is 10.1 Å². The van der Waals surface area contributed by atoms with Crippen molar-refractivity contribution in [3.63, 3.8) is 0 Å². The highest BCUT2D eigenvalue weighted by Gasteiger charge is 2.24. The zero-order valence-corrected chi connectivity index (χ0v) is 13.6. The lowest BCUT2D eigenvalue weighted by Gasteiger charge is -2.21. The molecule has 1 aromatic rings. The normalized spacial score (nSPS) is 14.3. The van der Waals surface area contributed by atoms with E-state index in [1.165, 1.54) is 0 Å². The summed E-state index contributed by atoms with van der Waals surface area (Å²) in [7, 11) is 0. The van der Waals surface area contributed by atoms with E-state index in [0.29, 0.717) is 11.7 Å². The summed E-state index contributed by atoms with van der Waals surface area (Å²) < 4.78 is 0. The Morgan fingerprint density at radius 2 is 2.10 bits per heavy atom. The summed E-state index contributed by atoms with van der Waals surface area (Å²) in [6.45, 7) is 9.78. The Kier molecular flexibility index (Phi) is 6.06. The average Bonchev–Trinajstić information content (AvgIpc) is 2.44. The van der Waals surface area contributed by atoms with Crippen LogP contribution in [0.1, 0.15) is 58.9 Å². The molecule has 0 aromatic carbocycles. The predicted molar refractivity (Wildman–Crippen MR) is 85.2 cm³/mol. The third-order valence-corrected chi connectivity index (χ3v) is 3.67. The first-order chi connectivity index (χ1) is 9.79. The van der Waals surface area contributed by atoms with Gasteiger partial charge in [0.25, 0.3) is 0 Å². The zero-order valence-electron chi connectivity index (χ0n) is 13.6. The molecule has 4 heteroatoms. The molecule has 1 rings (SSSR count). The fourth-order valence-corrected chi connectivity index (χ4v) is 1.97. The summed E-state index contributed by atoms with van der Waals surface area (Å²) in [5.41, 5.74) is 0.299. The molecule has 21 heavy (non-hydrogen) atoms. The van der Waals surface area contributed by atoms with Gasteiger partial charge in [-0.1, -0.05) is 47.1 Å². The number of aldehydes is 1. The SMILES string of the molecule is CCC(C)CC(C=O)c1cccnc1NC(=O)C(C)(C)C. The number of carbonyl (C=O) groups excluding carboxylic acids is 2. The van der Waals surface area contributed by atoms with Gasteiger partial charge in [0.05, 0.1) is 0 Å². The second kappa shape index (κ2) is 7.34. The second-order valence-corrected chi connectivity index (χ2v) is 6.64. The number of pyridine rings is 1. The van der Waals surface area contributed by atoms with Crippen molar-refractivity contribution in [1.29, 1.82) is 0 Å². The third-order valence-electron chi connectivity index (χ3n) is 3.67. The first-order valence-electron chi connectivity index (χ1n) is 7.51. The fourth-order valence-electron chi connectivity index (χ4n) is 1.97. The van der Waals surface area contributed by atoms with E-state index < -0.39 is 5.41 Å². The fraction of sp³-hybridized carbons (Fsp3) is 0.588. The van der Waals surface area contributed by atoms with Gasteiger partial charge in [0.2, 0.25) is 5.91 Å². The molecule has 1 heterocycles. The first-order valence-corrected chi connectivity index (χ1v) is 7.51. The van der Waals surface area contributed by atoms with Gasteiger partial charge in [0, 0.05) is 23.1 Å². The van der Waals surface area contributed by atoms with E-state index in [1.807, 2.05) is 26.8 Å². The molecule has 1 aromatic heterocycles. The highest BCUT2D eigenvalue weighted by Crippen LogP contribution is 2.29. The van der Waals surface area contributed by atoms with Gasteiger partial charge in [-0.15, -0.1) is 0 Å². The van der Waals surface area contributed by atoms with Crippen LogP contribution >= 0.6 is 0 Å². The molecule has 0 aliphatic heterocycles. The molecule has 2 unspecified atom stereocenters. The number of rotatable bonds is 6. The van der Waals surface area contributed by atoms with Crippen LogP contribution in [0.15, 0.2) is 18.3 Å². The number of nitrogens with one attached hydrogen (secondary N) is 1. The van der Waals surface area contributed by atoms with Crippen LogP contribution in [0.5, 0.6) is 0 Å². The maximum Gasteiger partial charge on any atom is 0.230 e. The van der Waals surface area contributed by atoms with E-state index in [2.05, 4.69) is 24.1 Å². The Hall–Kier alpha value is -1.71. The summed E-state index contributed by atoms with van der Waals surface area (Å²) >= 11 is 0. The summed E-state index contributed by atoms with van der Waals surface area (Å²) in [6.07, 6.45) is 4.38. The minimum Gasteiger partial charge on any atom is -0.310 e. The van der Waals surface area contributed by atoms with Gasteiger partial charge >= 0.3 is 0 Å². The highest BCUT2D eigenvalue weighted by molar-refractivity contribution is 5.94. The van der Waals surface area contributed by atoms with Crippen molar-refractivity contribution in [2.75, 3.05) is 5.32 Å². The molecular formula is C17H26N2O2. The second-order valence-electron chi connectivity index (χ2n) is 6.64. The first kappa shape index (κ1) is 17.3. The molecule has 0 saturated heterocycles. The minimum atomic E-state index is -0.498. The monoisotopic (exact) mass is 290 g/mol. The third kappa shape index (κ3) is 4.96. The number of hydrogen-bond acceptors (Lipinski definition) is 3. The lowest BCUT2D eigenvalue weighted by molar-refractivity contribution is -0.123. The molecule has 0 spiro atoms. The van der Waals surface area contributed by atoms with E-state index in [0.717, 1.165) is 24.7 Å². The topological polar surface area (TPSA) is 59.1 Å². The summed E-state index contributed by atoms with van der Waals surface area (Å²) in [4.78, 5) is 27.8. The molecule has 0 aliphatic carbocycles. The van der Waals surface area contributed by atoms with Crippen molar-refractivity contribution in [3.05, 3.63) is 23.9 Å². The van der Waals surface area contributed by atoms with Crippen molar-refractivity contribution in [2.45, 2.75) is 53.4 Å². The van der Waals surface area contributed by atoms with E-state index in [1.54, 1.807) is 12.3 Å². The van der Waals surface area contributed by atoms with Crippen LogP contribution in [-0.2, 0) is 9.59 Å². The van der Waals surface area contributed by atoms with E-state index >= 15 is 0 Å². The van der Waals surface area contributed by atoms with Gasteiger partial charge in [0.1, 0.15) is 12.1 Å². The Bertz CT molecular complexity index is 492.